The van der Waals surface area contributed by atoms with Crippen LogP contribution in [0.1, 0.15) is 12.0 Å². The summed E-state index contributed by atoms with van der Waals surface area (Å²) in [6, 6.07) is 4.77. The number of nitrogens with zero attached hydrogens (tertiary/aromatic N) is 1. The van der Waals surface area contributed by atoms with Crippen molar-refractivity contribution in [2.45, 2.75) is 19.0 Å². The van der Waals surface area contributed by atoms with Crippen LogP contribution >= 0.6 is 35.8 Å². The monoisotopic (exact) mass is 352 g/mol. The van der Waals surface area contributed by atoms with E-state index in [1.54, 1.807) is 19.2 Å². The average Bonchev–Trinajstić information content (AvgIpc) is 2.44. The van der Waals surface area contributed by atoms with Crippen molar-refractivity contribution < 1.29 is 9.18 Å². The molecule has 1 amide bonds. The predicted molar refractivity (Wildman–Crippen MR) is 88.9 cm³/mol. The van der Waals surface area contributed by atoms with Gasteiger partial charge in [0.15, 0.2) is 0 Å². The minimum Gasteiger partial charge on any atom is -0.341 e. The number of nitrogens with one attached hydrogen (secondary N) is 1. The number of halogens is 3. The van der Waals surface area contributed by atoms with E-state index in [0.29, 0.717) is 17.0 Å². The molecular formula is C14H19Cl2FN2OS. The third-order valence-electron chi connectivity index (χ3n) is 3.30. The second kappa shape index (κ2) is 8.83. The van der Waals surface area contributed by atoms with Crippen LogP contribution in [0.5, 0.6) is 0 Å². The van der Waals surface area contributed by atoms with Gasteiger partial charge < -0.3 is 10.2 Å². The highest BCUT2D eigenvalue weighted by Gasteiger charge is 2.20. The Bertz CT molecular complexity index is 464. The fourth-order valence-corrected chi connectivity index (χ4v) is 3.30. The highest BCUT2D eigenvalue weighted by molar-refractivity contribution is 7.99. The molecule has 1 heterocycles. The van der Waals surface area contributed by atoms with Gasteiger partial charge in [0.25, 0.3) is 0 Å². The molecule has 7 heteroatoms. The second-order valence-electron chi connectivity index (χ2n) is 4.88. The summed E-state index contributed by atoms with van der Waals surface area (Å²) in [6.45, 7) is 1.13. The van der Waals surface area contributed by atoms with Crippen LogP contribution in [0.2, 0.25) is 5.02 Å². The smallest absolute Gasteiger partial charge is 0.224 e. The van der Waals surface area contributed by atoms with Crippen LogP contribution in [0.3, 0.4) is 0 Å². The molecule has 0 saturated carbocycles. The third kappa shape index (κ3) is 5.33. The fourth-order valence-electron chi connectivity index (χ4n) is 2.13. The summed E-state index contributed by atoms with van der Waals surface area (Å²) in [4.78, 5) is 13.7. The maximum Gasteiger partial charge on any atom is 0.224 e. The van der Waals surface area contributed by atoms with Gasteiger partial charge in [-0.2, -0.15) is 11.8 Å². The van der Waals surface area contributed by atoms with Crippen molar-refractivity contribution in [1.29, 1.82) is 0 Å². The highest BCUT2D eigenvalue weighted by atomic mass is 35.5. The molecule has 0 radical (unpaired) electrons. The molecule has 1 aromatic rings. The largest absolute Gasteiger partial charge is 0.341 e. The molecule has 0 aliphatic carbocycles. The van der Waals surface area contributed by atoms with Crippen molar-refractivity contribution in [2.24, 2.45) is 0 Å². The number of benzene rings is 1. The van der Waals surface area contributed by atoms with Gasteiger partial charge in [0, 0.05) is 54.7 Å². The Morgan fingerprint density at radius 3 is 2.95 bits per heavy atom. The van der Waals surface area contributed by atoms with E-state index >= 15 is 0 Å². The molecule has 1 aromatic carbocycles. The summed E-state index contributed by atoms with van der Waals surface area (Å²) in [5, 5.41) is 3.68. The van der Waals surface area contributed by atoms with Crippen LogP contribution < -0.4 is 5.32 Å². The van der Waals surface area contributed by atoms with Crippen LogP contribution in [0.15, 0.2) is 18.2 Å². The highest BCUT2D eigenvalue weighted by Crippen LogP contribution is 2.21. The molecule has 1 saturated heterocycles. The summed E-state index contributed by atoms with van der Waals surface area (Å²) < 4.78 is 13.7. The minimum atomic E-state index is -0.372. The number of hydrogen-bond acceptors (Lipinski definition) is 3. The van der Waals surface area contributed by atoms with Crippen LogP contribution in [-0.4, -0.2) is 41.9 Å². The zero-order valence-electron chi connectivity index (χ0n) is 11.8. The van der Waals surface area contributed by atoms with Crippen molar-refractivity contribution >= 4 is 41.7 Å². The molecule has 0 spiro atoms. The number of carbonyl (C=O) groups is 1. The van der Waals surface area contributed by atoms with Gasteiger partial charge in [-0.25, -0.2) is 4.39 Å². The first-order valence-electron chi connectivity index (χ1n) is 6.56. The molecule has 1 aliphatic heterocycles. The van der Waals surface area contributed by atoms with Crippen molar-refractivity contribution in [3.05, 3.63) is 34.6 Å². The lowest BCUT2D eigenvalue weighted by molar-refractivity contribution is -0.130. The van der Waals surface area contributed by atoms with Gasteiger partial charge in [-0.1, -0.05) is 17.7 Å². The van der Waals surface area contributed by atoms with Crippen molar-refractivity contribution in [3.8, 4) is 0 Å². The zero-order chi connectivity index (χ0) is 14.5. The molecule has 3 nitrogen and oxygen atoms in total. The Morgan fingerprint density at radius 2 is 2.33 bits per heavy atom. The van der Waals surface area contributed by atoms with E-state index in [1.807, 2.05) is 11.8 Å². The maximum atomic E-state index is 13.7. The van der Waals surface area contributed by atoms with Gasteiger partial charge in [0.1, 0.15) is 5.82 Å². The molecule has 1 N–H and O–H groups in total. The predicted octanol–water partition coefficient (Wildman–Crippen LogP) is 2.95. The normalized spacial score (nSPS) is 18.0. The van der Waals surface area contributed by atoms with Crippen LogP contribution in [0.4, 0.5) is 4.39 Å². The average molecular weight is 353 g/mol. The van der Waals surface area contributed by atoms with Crippen molar-refractivity contribution in [1.82, 2.24) is 10.2 Å². The lowest BCUT2D eigenvalue weighted by atomic mass is 10.1. The fraction of sp³-hybridized carbons (Fsp3) is 0.500. The zero-order valence-corrected chi connectivity index (χ0v) is 14.2. The summed E-state index contributed by atoms with van der Waals surface area (Å²) in [7, 11) is 1.68. The Kier molecular flexibility index (Phi) is 7.81. The van der Waals surface area contributed by atoms with Gasteiger partial charge in [0.05, 0.1) is 0 Å². The van der Waals surface area contributed by atoms with Crippen LogP contribution in [0.25, 0.3) is 0 Å². The lowest BCUT2D eigenvalue weighted by Gasteiger charge is -2.25. The summed E-state index contributed by atoms with van der Waals surface area (Å²) >= 11 is 7.83. The molecule has 1 aliphatic rings. The number of rotatable bonds is 4. The maximum absolute atomic E-state index is 13.7. The quantitative estimate of drug-likeness (QED) is 0.903. The van der Waals surface area contributed by atoms with Crippen molar-refractivity contribution in [2.75, 3.05) is 25.1 Å². The minimum absolute atomic E-state index is 0. The molecular weight excluding hydrogens is 334 g/mol. The number of hydrogen-bond donors (Lipinski definition) is 1. The Labute approximate surface area is 140 Å². The van der Waals surface area contributed by atoms with Gasteiger partial charge in [-0.3, -0.25) is 4.79 Å². The third-order valence-corrected chi connectivity index (χ3v) is 4.79. The van der Waals surface area contributed by atoms with E-state index in [9.17, 15) is 9.18 Å². The topological polar surface area (TPSA) is 32.3 Å². The van der Waals surface area contributed by atoms with E-state index in [-0.39, 0.29) is 36.7 Å². The summed E-state index contributed by atoms with van der Waals surface area (Å²) in [5.41, 5.74) is 0.371. The summed E-state index contributed by atoms with van der Waals surface area (Å²) in [5.74, 6) is 1.67. The molecule has 0 aromatic heterocycles. The standard InChI is InChI=1S/C14H18ClFN2OS.ClH/c1-18(8-11-12(15)3-2-4-13(11)16)14(19)7-10-9-20-6-5-17-10;/h2-4,10,17H,5-9H2,1H3;1H. The van der Waals surface area contributed by atoms with Crippen molar-refractivity contribution in [3.63, 3.8) is 0 Å². The molecule has 1 unspecified atom stereocenters. The van der Waals surface area contributed by atoms with Gasteiger partial charge >= 0.3 is 0 Å². The Balaban J connectivity index is 0.00000220. The number of amides is 1. The SMILES string of the molecule is CN(Cc1c(F)cccc1Cl)C(=O)CC1CSCCN1.Cl. The molecule has 1 fully saturated rings. The first-order valence-corrected chi connectivity index (χ1v) is 8.09. The van der Waals surface area contributed by atoms with Crippen LogP contribution in [-0.2, 0) is 11.3 Å². The molecule has 1 atom stereocenters. The molecule has 0 bridgehead atoms. The molecule has 21 heavy (non-hydrogen) atoms. The second-order valence-corrected chi connectivity index (χ2v) is 6.44. The van der Waals surface area contributed by atoms with E-state index in [1.165, 1.54) is 11.0 Å². The van der Waals surface area contributed by atoms with E-state index < -0.39 is 0 Å². The van der Waals surface area contributed by atoms with Gasteiger partial charge in [0.2, 0.25) is 5.91 Å². The molecule has 118 valence electrons. The van der Waals surface area contributed by atoms with E-state index in [4.69, 9.17) is 11.6 Å². The Morgan fingerprint density at radius 1 is 1.57 bits per heavy atom. The van der Waals surface area contributed by atoms with Gasteiger partial charge in [-0.05, 0) is 12.1 Å². The molecule has 2 rings (SSSR count). The Hall–Kier alpha value is -0.490. The van der Waals surface area contributed by atoms with Gasteiger partial charge in [-0.15, -0.1) is 12.4 Å². The lowest BCUT2D eigenvalue weighted by Crippen LogP contribution is -2.41. The first kappa shape index (κ1) is 18.6. The first-order chi connectivity index (χ1) is 9.58. The van der Waals surface area contributed by atoms with E-state index in [2.05, 4.69) is 5.32 Å². The number of carbonyl (C=O) groups excluding carboxylic acids is 1. The van der Waals surface area contributed by atoms with E-state index in [0.717, 1.165) is 18.1 Å². The van der Waals surface area contributed by atoms with Crippen LogP contribution in [0, 0.1) is 5.82 Å². The number of thioether (sulfide) groups is 1. The summed E-state index contributed by atoms with van der Waals surface area (Å²) in [6.07, 6.45) is 0.440.